The zero-order chi connectivity index (χ0) is 10.6. The Morgan fingerprint density at radius 2 is 2.21 bits per heavy atom. The lowest BCUT2D eigenvalue weighted by Crippen LogP contribution is -2.44. The minimum absolute atomic E-state index is 0.204. The van der Waals surface area contributed by atoms with Gasteiger partial charge in [-0.25, -0.2) is 0 Å². The second-order valence-electron chi connectivity index (χ2n) is 4.46. The third-order valence-electron chi connectivity index (χ3n) is 2.85. The summed E-state index contributed by atoms with van der Waals surface area (Å²) in [6.45, 7) is 7.10. The van der Waals surface area contributed by atoms with E-state index in [-0.39, 0.29) is 5.92 Å². The maximum absolute atomic E-state index is 11.9. The molecule has 0 aromatic heterocycles. The van der Waals surface area contributed by atoms with E-state index >= 15 is 0 Å². The quantitative estimate of drug-likeness (QED) is 0.736. The molecule has 0 saturated carbocycles. The standard InChI is InChI=1S/C11H22N2O/c1-4-5-13(3)11(14)10-6-9(2)7-12-8-10/h9-10,12H,4-8H2,1-3H3. The van der Waals surface area contributed by atoms with Crippen molar-refractivity contribution in [2.75, 3.05) is 26.7 Å². The van der Waals surface area contributed by atoms with Gasteiger partial charge in [-0.05, 0) is 25.3 Å². The van der Waals surface area contributed by atoms with Crippen LogP contribution in [0.4, 0.5) is 0 Å². The van der Waals surface area contributed by atoms with Crippen LogP contribution in [-0.2, 0) is 4.79 Å². The van der Waals surface area contributed by atoms with Crippen LogP contribution in [0.5, 0.6) is 0 Å². The van der Waals surface area contributed by atoms with Crippen LogP contribution in [0.3, 0.4) is 0 Å². The van der Waals surface area contributed by atoms with E-state index in [0.29, 0.717) is 11.8 Å². The van der Waals surface area contributed by atoms with E-state index in [0.717, 1.165) is 32.5 Å². The lowest BCUT2D eigenvalue weighted by atomic mass is 9.91. The maximum Gasteiger partial charge on any atom is 0.226 e. The zero-order valence-electron chi connectivity index (χ0n) is 9.55. The van der Waals surface area contributed by atoms with E-state index in [2.05, 4.69) is 19.2 Å². The number of piperidine rings is 1. The number of carbonyl (C=O) groups excluding carboxylic acids is 1. The minimum Gasteiger partial charge on any atom is -0.345 e. The molecule has 14 heavy (non-hydrogen) atoms. The molecule has 2 atom stereocenters. The highest BCUT2D eigenvalue weighted by atomic mass is 16.2. The molecule has 0 aromatic carbocycles. The molecule has 0 aromatic rings. The van der Waals surface area contributed by atoms with Crippen LogP contribution in [0, 0.1) is 11.8 Å². The summed E-state index contributed by atoms with van der Waals surface area (Å²) in [5.41, 5.74) is 0. The molecule has 0 aliphatic carbocycles. The van der Waals surface area contributed by atoms with E-state index in [9.17, 15) is 4.79 Å². The molecule has 3 heteroatoms. The Hall–Kier alpha value is -0.570. The Morgan fingerprint density at radius 1 is 1.50 bits per heavy atom. The lowest BCUT2D eigenvalue weighted by molar-refractivity contribution is -0.135. The van der Waals surface area contributed by atoms with E-state index in [1.807, 2.05) is 11.9 Å². The number of rotatable bonds is 3. The average Bonchev–Trinajstić information content (AvgIpc) is 2.17. The van der Waals surface area contributed by atoms with Gasteiger partial charge < -0.3 is 10.2 Å². The van der Waals surface area contributed by atoms with Gasteiger partial charge in [-0.15, -0.1) is 0 Å². The molecule has 3 nitrogen and oxygen atoms in total. The van der Waals surface area contributed by atoms with Gasteiger partial charge in [-0.3, -0.25) is 4.79 Å². The predicted octanol–water partition coefficient (Wildman–Crippen LogP) is 1.10. The number of amides is 1. The number of nitrogens with zero attached hydrogens (tertiary/aromatic N) is 1. The van der Waals surface area contributed by atoms with Crippen molar-refractivity contribution in [2.45, 2.75) is 26.7 Å². The topological polar surface area (TPSA) is 32.3 Å². The summed E-state index contributed by atoms with van der Waals surface area (Å²) in [6.07, 6.45) is 2.08. The van der Waals surface area contributed by atoms with Gasteiger partial charge in [-0.2, -0.15) is 0 Å². The maximum atomic E-state index is 11.9. The van der Waals surface area contributed by atoms with Crippen molar-refractivity contribution >= 4 is 5.91 Å². The molecule has 1 N–H and O–H groups in total. The van der Waals surface area contributed by atoms with Crippen molar-refractivity contribution in [3.63, 3.8) is 0 Å². The summed E-state index contributed by atoms with van der Waals surface area (Å²) in [5.74, 6) is 1.15. The van der Waals surface area contributed by atoms with Crippen LogP contribution >= 0.6 is 0 Å². The van der Waals surface area contributed by atoms with Crippen LogP contribution in [0.25, 0.3) is 0 Å². The summed E-state index contributed by atoms with van der Waals surface area (Å²) in [7, 11) is 1.91. The number of hydrogen-bond donors (Lipinski definition) is 1. The lowest BCUT2D eigenvalue weighted by Gasteiger charge is -2.30. The van der Waals surface area contributed by atoms with Crippen LogP contribution in [0.15, 0.2) is 0 Å². The molecule has 0 spiro atoms. The van der Waals surface area contributed by atoms with Gasteiger partial charge in [0.05, 0.1) is 5.92 Å². The molecular weight excluding hydrogens is 176 g/mol. The smallest absolute Gasteiger partial charge is 0.226 e. The van der Waals surface area contributed by atoms with Gasteiger partial charge in [0.25, 0.3) is 0 Å². The third-order valence-corrected chi connectivity index (χ3v) is 2.85. The number of carbonyl (C=O) groups is 1. The zero-order valence-corrected chi connectivity index (χ0v) is 9.55. The van der Waals surface area contributed by atoms with Crippen LogP contribution in [0.1, 0.15) is 26.7 Å². The van der Waals surface area contributed by atoms with Crippen molar-refractivity contribution in [2.24, 2.45) is 11.8 Å². The van der Waals surface area contributed by atoms with Crippen molar-refractivity contribution in [3.8, 4) is 0 Å². The minimum atomic E-state index is 0.204. The summed E-state index contributed by atoms with van der Waals surface area (Å²) in [5, 5.41) is 3.31. The Kier molecular flexibility index (Phi) is 4.39. The molecule has 1 fully saturated rings. The average molecular weight is 198 g/mol. The SMILES string of the molecule is CCCN(C)C(=O)C1CNCC(C)C1. The van der Waals surface area contributed by atoms with E-state index in [4.69, 9.17) is 0 Å². The van der Waals surface area contributed by atoms with Crippen molar-refractivity contribution < 1.29 is 4.79 Å². The molecule has 1 rings (SSSR count). The fourth-order valence-corrected chi connectivity index (χ4v) is 2.10. The second kappa shape index (κ2) is 5.35. The fourth-order valence-electron chi connectivity index (χ4n) is 2.10. The third kappa shape index (κ3) is 2.98. The largest absolute Gasteiger partial charge is 0.345 e. The molecule has 82 valence electrons. The van der Waals surface area contributed by atoms with Crippen molar-refractivity contribution in [3.05, 3.63) is 0 Å². The van der Waals surface area contributed by atoms with Crippen molar-refractivity contribution in [1.82, 2.24) is 10.2 Å². The fraction of sp³-hybridized carbons (Fsp3) is 0.909. The Balaban J connectivity index is 2.42. The highest BCUT2D eigenvalue weighted by molar-refractivity contribution is 5.78. The molecule has 1 aliphatic rings. The van der Waals surface area contributed by atoms with Gasteiger partial charge in [0.1, 0.15) is 0 Å². The second-order valence-corrected chi connectivity index (χ2v) is 4.46. The van der Waals surface area contributed by atoms with E-state index in [1.54, 1.807) is 0 Å². The molecule has 1 saturated heterocycles. The first-order valence-corrected chi connectivity index (χ1v) is 5.60. The van der Waals surface area contributed by atoms with E-state index in [1.165, 1.54) is 0 Å². The van der Waals surface area contributed by atoms with Crippen LogP contribution in [-0.4, -0.2) is 37.5 Å². The highest BCUT2D eigenvalue weighted by Gasteiger charge is 2.26. The molecule has 1 amide bonds. The highest BCUT2D eigenvalue weighted by Crippen LogP contribution is 2.17. The predicted molar refractivity (Wildman–Crippen MR) is 58.1 cm³/mol. The molecule has 0 radical (unpaired) electrons. The van der Waals surface area contributed by atoms with Gasteiger partial charge >= 0.3 is 0 Å². The molecule has 2 unspecified atom stereocenters. The number of hydrogen-bond acceptors (Lipinski definition) is 2. The van der Waals surface area contributed by atoms with Gasteiger partial charge in [0, 0.05) is 20.1 Å². The Morgan fingerprint density at radius 3 is 2.79 bits per heavy atom. The Bertz CT molecular complexity index is 194. The van der Waals surface area contributed by atoms with E-state index < -0.39 is 0 Å². The summed E-state index contributed by atoms with van der Waals surface area (Å²) in [4.78, 5) is 13.8. The molecule has 1 heterocycles. The molecule has 1 aliphatic heterocycles. The molecule has 0 bridgehead atoms. The van der Waals surface area contributed by atoms with Gasteiger partial charge in [0.15, 0.2) is 0 Å². The number of nitrogens with one attached hydrogen (secondary N) is 1. The van der Waals surface area contributed by atoms with Crippen LogP contribution < -0.4 is 5.32 Å². The van der Waals surface area contributed by atoms with Gasteiger partial charge in [0.2, 0.25) is 5.91 Å². The summed E-state index contributed by atoms with van der Waals surface area (Å²) < 4.78 is 0. The monoisotopic (exact) mass is 198 g/mol. The summed E-state index contributed by atoms with van der Waals surface area (Å²) >= 11 is 0. The van der Waals surface area contributed by atoms with Gasteiger partial charge in [-0.1, -0.05) is 13.8 Å². The first-order chi connectivity index (χ1) is 6.65. The summed E-state index contributed by atoms with van der Waals surface area (Å²) in [6, 6.07) is 0. The van der Waals surface area contributed by atoms with Crippen molar-refractivity contribution in [1.29, 1.82) is 0 Å². The van der Waals surface area contributed by atoms with Crippen LogP contribution in [0.2, 0.25) is 0 Å². The Labute approximate surface area is 86.9 Å². The normalized spacial score (nSPS) is 27.4. The first kappa shape index (κ1) is 11.5. The molecular formula is C11H22N2O. The first-order valence-electron chi connectivity index (χ1n) is 5.60.